The Morgan fingerprint density at radius 1 is 0.692 bits per heavy atom. The summed E-state index contributed by atoms with van der Waals surface area (Å²) in [4.78, 5) is 12.8. The standard InChI is InChI=1S/C27H23Cl2N3O5S2/c1-17-3-8-22(9-4-17)31-39(36,37)26-15-19(6-5-18(26)2)27(33)30-21-10-12-23(13-11-21)38(34,35)32-25-14-7-20(28)16-24(25)29/h3-16,31-32H,1-2H3,(H,30,33). The van der Waals surface area contributed by atoms with Crippen molar-refractivity contribution in [1.82, 2.24) is 0 Å². The molecule has 0 saturated heterocycles. The Morgan fingerprint density at radius 2 is 1.33 bits per heavy atom. The third-order valence-electron chi connectivity index (χ3n) is 5.64. The summed E-state index contributed by atoms with van der Waals surface area (Å²) in [6, 6.07) is 21.1. The Balaban J connectivity index is 1.49. The molecule has 12 heteroatoms. The predicted molar refractivity (Wildman–Crippen MR) is 155 cm³/mol. The number of sulfonamides is 2. The zero-order valence-electron chi connectivity index (χ0n) is 20.7. The first kappa shape index (κ1) is 28.4. The van der Waals surface area contributed by atoms with Crippen molar-refractivity contribution in [2.45, 2.75) is 23.6 Å². The second-order valence-electron chi connectivity index (χ2n) is 8.66. The average Bonchev–Trinajstić information content (AvgIpc) is 2.87. The highest BCUT2D eigenvalue weighted by molar-refractivity contribution is 7.93. The zero-order valence-corrected chi connectivity index (χ0v) is 23.8. The van der Waals surface area contributed by atoms with Gasteiger partial charge in [-0.05, 0) is 86.1 Å². The van der Waals surface area contributed by atoms with Crippen molar-refractivity contribution in [2.24, 2.45) is 0 Å². The maximum Gasteiger partial charge on any atom is 0.262 e. The van der Waals surface area contributed by atoms with E-state index in [2.05, 4.69) is 14.8 Å². The van der Waals surface area contributed by atoms with E-state index in [-0.39, 0.29) is 26.1 Å². The van der Waals surface area contributed by atoms with Crippen molar-refractivity contribution < 1.29 is 21.6 Å². The summed E-state index contributed by atoms with van der Waals surface area (Å²) in [6.45, 7) is 3.53. The fraction of sp³-hybridized carbons (Fsp3) is 0.0741. The number of halogens is 2. The molecule has 0 bridgehead atoms. The lowest BCUT2D eigenvalue weighted by Crippen LogP contribution is -2.17. The van der Waals surface area contributed by atoms with Gasteiger partial charge < -0.3 is 5.32 Å². The summed E-state index contributed by atoms with van der Waals surface area (Å²) < 4.78 is 56.5. The fourth-order valence-electron chi connectivity index (χ4n) is 3.56. The van der Waals surface area contributed by atoms with Gasteiger partial charge in [0.15, 0.2) is 0 Å². The minimum Gasteiger partial charge on any atom is -0.322 e. The van der Waals surface area contributed by atoms with Crippen LogP contribution in [0.1, 0.15) is 21.5 Å². The maximum atomic E-state index is 13.0. The first-order valence-corrected chi connectivity index (χ1v) is 15.2. The Bertz CT molecular complexity index is 1760. The van der Waals surface area contributed by atoms with E-state index in [0.717, 1.165) is 5.56 Å². The molecule has 202 valence electrons. The lowest BCUT2D eigenvalue weighted by Gasteiger charge is -2.13. The zero-order chi connectivity index (χ0) is 28.4. The number of benzene rings is 4. The van der Waals surface area contributed by atoms with Crippen molar-refractivity contribution in [3.63, 3.8) is 0 Å². The minimum absolute atomic E-state index is 0.0379. The number of carbonyl (C=O) groups is 1. The number of carbonyl (C=O) groups excluding carboxylic acids is 1. The highest BCUT2D eigenvalue weighted by Crippen LogP contribution is 2.28. The smallest absolute Gasteiger partial charge is 0.262 e. The largest absolute Gasteiger partial charge is 0.322 e. The van der Waals surface area contributed by atoms with Gasteiger partial charge in [-0.3, -0.25) is 14.2 Å². The second-order valence-corrected chi connectivity index (χ2v) is 12.8. The van der Waals surface area contributed by atoms with Crippen molar-refractivity contribution in [1.29, 1.82) is 0 Å². The van der Waals surface area contributed by atoms with E-state index in [9.17, 15) is 21.6 Å². The fourth-order valence-corrected chi connectivity index (χ4v) is 6.48. The van der Waals surface area contributed by atoms with Gasteiger partial charge in [0, 0.05) is 22.0 Å². The number of aryl methyl sites for hydroxylation is 2. The van der Waals surface area contributed by atoms with Gasteiger partial charge in [-0.15, -0.1) is 0 Å². The molecule has 0 unspecified atom stereocenters. The molecule has 0 fully saturated rings. The molecule has 0 spiro atoms. The summed E-state index contributed by atoms with van der Waals surface area (Å²) in [5.74, 6) is -0.566. The molecule has 0 radical (unpaired) electrons. The van der Waals surface area contributed by atoms with Crippen LogP contribution in [0.3, 0.4) is 0 Å². The van der Waals surface area contributed by atoms with Gasteiger partial charge >= 0.3 is 0 Å². The second kappa shape index (κ2) is 11.3. The van der Waals surface area contributed by atoms with Crippen molar-refractivity contribution in [3.8, 4) is 0 Å². The van der Waals surface area contributed by atoms with E-state index in [1.54, 1.807) is 37.3 Å². The lowest BCUT2D eigenvalue weighted by molar-refractivity contribution is 0.102. The molecular weight excluding hydrogens is 581 g/mol. The molecule has 0 aliphatic heterocycles. The van der Waals surface area contributed by atoms with E-state index in [1.807, 2.05) is 6.92 Å². The van der Waals surface area contributed by atoms with Crippen LogP contribution >= 0.6 is 23.2 Å². The van der Waals surface area contributed by atoms with Crippen LogP contribution < -0.4 is 14.8 Å². The monoisotopic (exact) mass is 603 g/mol. The van der Waals surface area contributed by atoms with Crippen LogP contribution in [0.15, 0.2) is 94.7 Å². The molecule has 4 aromatic carbocycles. The van der Waals surface area contributed by atoms with Crippen LogP contribution in [-0.4, -0.2) is 22.7 Å². The molecule has 0 aliphatic carbocycles. The number of nitrogens with one attached hydrogen (secondary N) is 3. The quantitative estimate of drug-likeness (QED) is 0.213. The predicted octanol–water partition coefficient (Wildman–Crippen LogP) is 6.46. The summed E-state index contributed by atoms with van der Waals surface area (Å²) in [7, 11) is -7.92. The van der Waals surface area contributed by atoms with Crippen LogP contribution in [0.5, 0.6) is 0 Å². The highest BCUT2D eigenvalue weighted by atomic mass is 35.5. The van der Waals surface area contributed by atoms with Crippen LogP contribution in [0.2, 0.25) is 10.0 Å². The van der Waals surface area contributed by atoms with E-state index >= 15 is 0 Å². The molecule has 0 heterocycles. The molecule has 0 atom stereocenters. The highest BCUT2D eigenvalue weighted by Gasteiger charge is 2.20. The lowest BCUT2D eigenvalue weighted by atomic mass is 10.1. The van der Waals surface area contributed by atoms with Crippen LogP contribution in [0, 0.1) is 13.8 Å². The normalized spacial score (nSPS) is 11.6. The van der Waals surface area contributed by atoms with Gasteiger partial charge in [-0.1, -0.05) is 47.0 Å². The molecule has 8 nitrogen and oxygen atoms in total. The SMILES string of the molecule is Cc1ccc(NS(=O)(=O)c2cc(C(=O)Nc3ccc(S(=O)(=O)Nc4ccc(Cl)cc4Cl)cc3)ccc2C)cc1. The number of anilines is 3. The van der Waals surface area contributed by atoms with Crippen molar-refractivity contribution >= 4 is 66.2 Å². The third-order valence-corrected chi connectivity index (χ3v) is 9.09. The van der Waals surface area contributed by atoms with E-state index < -0.39 is 26.0 Å². The third kappa shape index (κ3) is 6.90. The van der Waals surface area contributed by atoms with E-state index in [4.69, 9.17) is 23.2 Å². The molecule has 1 amide bonds. The van der Waals surface area contributed by atoms with Gasteiger partial charge in [-0.2, -0.15) is 0 Å². The number of amides is 1. The maximum absolute atomic E-state index is 13.0. The summed E-state index contributed by atoms with van der Waals surface area (Å²) >= 11 is 11.9. The van der Waals surface area contributed by atoms with E-state index in [1.165, 1.54) is 54.6 Å². The van der Waals surface area contributed by atoms with Gasteiger partial charge in [0.05, 0.1) is 20.5 Å². The van der Waals surface area contributed by atoms with E-state index in [0.29, 0.717) is 22.0 Å². The van der Waals surface area contributed by atoms with Crippen LogP contribution in [0.4, 0.5) is 17.1 Å². The number of hydrogen-bond acceptors (Lipinski definition) is 5. The molecular formula is C27H23Cl2N3O5S2. The Kier molecular flexibility index (Phi) is 8.22. The molecule has 3 N–H and O–H groups in total. The van der Waals surface area contributed by atoms with Gasteiger partial charge in [0.1, 0.15) is 0 Å². The molecule has 0 aliphatic rings. The van der Waals surface area contributed by atoms with Crippen LogP contribution in [-0.2, 0) is 20.0 Å². The van der Waals surface area contributed by atoms with Crippen molar-refractivity contribution in [2.75, 3.05) is 14.8 Å². The van der Waals surface area contributed by atoms with Gasteiger partial charge in [0.25, 0.3) is 26.0 Å². The molecule has 4 aromatic rings. The van der Waals surface area contributed by atoms with Gasteiger partial charge in [-0.25, -0.2) is 16.8 Å². The number of hydrogen-bond donors (Lipinski definition) is 3. The average molecular weight is 605 g/mol. The summed E-state index contributed by atoms with van der Waals surface area (Å²) in [6.07, 6.45) is 0. The topological polar surface area (TPSA) is 121 Å². The first-order chi connectivity index (χ1) is 18.3. The Morgan fingerprint density at radius 3 is 1.97 bits per heavy atom. The molecule has 0 saturated carbocycles. The molecule has 39 heavy (non-hydrogen) atoms. The van der Waals surface area contributed by atoms with Gasteiger partial charge in [0.2, 0.25) is 0 Å². The van der Waals surface area contributed by atoms with Crippen LogP contribution in [0.25, 0.3) is 0 Å². The minimum atomic E-state index is -3.97. The van der Waals surface area contributed by atoms with Crippen molar-refractivity contribution in [3.05, 3.63) is 112 Å². The Hall–Kier alpha value is -3.57. The summed E-state index contributed by atoms with van der Waals surface area (Å²) in [5.41, 5.74) is 2.44. The molecule has 0 aromatic heterocycles. The number of rotatable bonds is 8. The summed E-state index contributed by atoms with van der Waals surface area (Å²) in [5, 5.41) is 3.16. The first-order valence-electron chi connectivity index (χ1n) is 11.4. The Labute approximate surface area is 237 Å². The molecule has 4 rings (SSSR count).